The minimum Gasteiger partial charge on any atom is -0.497 e. The molecule has 0 fully saturated rings. The van der Waals surface area contributed by atoms with Crippen molar-refractivity contribution >= 4 is 11.6 Å². The summed E-state index contributed by atoms with van der Waals surface area (Å²) in [5, 5.41) is 16.4. The highest BCUT2D eigenvalue weighted by Crippen LogP contribution is 2.18. The molecular weight excluding hydrogens is 318 g/mol. The van der Waals surface area contributed by atoms with E-state index in [0.29, 0.717) is 11.4 Å². The summed E-state index contributed by atoms with van der Waals surface area (Å²) in [4.78, 5) is 12.4. The second-order valence-electron chi connectivity index (χ2n) is 5.61. The van der Waals surface area contributed by atoms with Crippen LogP contribution in [0.5, 0.6) is 5.75 Å². The van der Waals surface area contributed by atoms with Crippen molar-refractivity contribution in [3.05, 3.63) is 71.5 Å². The normalized spacial score (nSPS) is 10.5. The van der Waals surface area contributed by atoms with E-state index in [0.717, 1.165) is 22.6 Å². The van der Waals surface area contributed by atoms with Gasteiger partial charge in [-0.05, 0) is 54.4 Å². The van der Waals surface area contributed by atoms with Crippen LogP contribution in [0.2, 0.25) is 0 Å². The lowest BCUT2D eigenvalue weighted by Crippen LogP contribution is -2.14. The fraction of sp³-hybridized carbons (Fsp3) is 0.158. The fourth-order valence-corrected chi connectivity index (χ4v) is 2.41. The molecule has 0 aliphatic rings. The van der Waals surface area contributed by atoms with Gasteiger partial charge in [0.05, 0.1) is 19.4 Å². The molecule has 0 saturated carbocycles. The van der Waals surface area contributed by atoms with Gasteiger partial charge in [0.25, 0.3) is 5.91 Å². The number of aliphatic hydroxyl groups is 1. The molecule has 2 N–H and O–H groups in total. The zero-order valence-corrected chi connectivity index (χ0v) is 14.1. The molecule has 0 unspecified atom stereocenters. The largest absolute Gasteiger partial charge is 0.497 e. The zero-order valence-electron chi connectivity index (χ0n) is 14.1. The Morgan fingerprint density at radius 1 is 1.20 bits per heavy atom. The number of carbonyl (C=O) groups is 1. The van der Waals surface area contributed by atoms with Crippen LogP contribution in [-0.4, -0.2) is 27.9 Å². The van der Waals surface area contributed by atoms with Gasteiger partial charge in [-0.15, -0.1) is 0 Å². The summed E-state index contributed by atoms with van der Waals surface area (Å²) in [5.74, 6) is 0.457. The first-order valence-electron chi connectivity index (χ1n) is 7.82. The van der Waals surface area contributed by atoms with Gasteiger partial charge < -0.3 is 15.2 Å². The summed E-state index contributed by atoms with van der Waals surface area (Å²) in [5.41, 5.74) is 3.46. The van der Waals surface area contributed by atoms with Crippen molar-refractivity contribution in [2.24, 2.45) is 0 Å². The van der Waals surface area contributed by atoms with Gasteiger partial charge in [0.2, 0.25) is 0 Å². The summed E-state index contributed by atoms with van der Waals surface area (Å²) in [6.07, 6.45) is 1.73. The molecule has 6 nitrogen and oxygen atoms in total. The number of carbonyl (C=O) groups excluding carboxylic acids is 1. The van der Waals surface area contributed by atoms with Crippen LogP contribution in [0, 0.1) is 6.92 Å². The van der Waals surface area contributed by atoms with E-state index in [1.54, 1.807) is 30.1 Å². The van der Waals surface area contributed by atoms with Gasteiger partial charge in [0, 0.05) is 11.9 Å². The standard InChI is InChI=1S/C19H19N3O3/c1-13-3-4-14(12-23)11-18(13)20-19(24)17-9-10-22(21-17)15-5-7-16(25-2)8-6-15/h3-11,23H,12H2,1-2H3,(H,20,24). The van der Waals surface area contributed by atoms with E-state index < -0.39 is 0 Å². The van der Waals surface area contributed by atoms with Crippen molar-refractivity contribution in [3.8, 4) is 11.4 Å². The number of hydrogen-bond donors (Lipinski definition) is 2. The molecule has 0 aliphatic heterocycles. The van der Waals surface area contributed by atoms with Gasteiger partial charge >= 0.3 is 0 Å². The molecule has 3 rings (SSSR count). The predicted octanol–water partition coefficient (Wildman–Crippen LogP) is 2.93. The predicted molar refractivity (Wildman–Crippen MR) is 95.2 cm³/mol. The average molecular weight is 337 g/mol. The number of aryl methyl sites for hydroxylation is 1. The SMILES string of the molecule is COc1ccc(-n2ccc(C(=O)Nc3cc(CO)ccc3C)n2)cc1. The highest BCUT2D eigenvalue weighted by molar-refractivity contribution is 6.03. The van der Waals surface area contributed by atoms with Crippen molar-refractivity contribution in [2.75, 3.05) is 12.4 Å². The Kier molecular flexibility index (Phi) is 4.81. The van der Waals surface area contributed by atoms with Crippen LogP contribution in [0.4, 0.5) is 5.69 Å². The van der Waals surface area contributed by atoms with Gasteiger partial charge in [-0.25, -0.2) is 4.68 Å². The summed E-state index contributed by atoms with van der Waals surface area (Å²) in [6, 6.07) is 14.5. The lowest BCUT2D eigenvalue weighted by molar-refractivity contribution is 0.102. The quantitative estimate of drug-likeness (QED) is 0.750. The van der Waals surface area contributed by atoms with Crippen LogP contribution in [0.25, 0.3) is 5.69 Å². The number of methoxy groups -OCH3 is 1. The Morgan fingerprint density at radius 2 is 1.96 bits per heavy atom. The molecule has 0 radical (unpaired) electrons. The lowest BCUT2D eigenvalue weighted by atomic mass is 10.1. The van der Waals surface area contributed by atoms with E-state index in [2.05, 4.69) is 10.4 Å². The number of hydrogen-bond acceptors (Lipinski definition) is 4. The van der Waals surface area contributed by atoms with Crippen molar-refractivity contribution in [2.45, 2.75) is 13.5 Å². The van der Waals surface area contributed by atoms with Crippen LogP contribution in [0.3, 0.4) is 0 Å². The molecule has 1 aromatic heterocycles. The van der Waals surface area contributed by atoms with Gasteiger partial charge in [-0.1, -0.05) is 12.1 Å². The Labute approximate surface area is 145 Å². The fourth-order valence-electron chi connectivity index (χ4n) is 2.41. The smallest absolute Gasteiger partial charge is 0.276 e. The topological polar surface area (TPSA) is 76.4 Å². The van der Waals surface area contributed by atoms with Crippen LogP contribution < -0.4 is 10.1 Å². The Bertz CT molecular complexity index is 885. The first-order valence-corrected chi connectivity index (χ1v) is 7.82. The number of ether oxygens (including phenoxy) is 1. The second-order valence-corrected chi connectivity index (χ2v) is 5.61. The van der Waals surface area contributed by atoms with Gasteiger partial charge in [0.1, 0.15) is 5.75 Å². The molecule has 128 valence electrons. The number of amides is 1. The van der Waals surface area contributed by atoms with E-state index in [1.165, 1.54) is 0 Å². The first kappa shape index (κ1) is 16.7. The maximum absolute atomic E-state index is 12.4. The highest BCUT2D eigenvalue weighted by atomic mass is 16.5. The van der Waals surface area contributed by atoms with Crippen LogP contribution in [-0.2, 0) is 6.61 Å². The number of aromatic nitrogens is 2. The molecule has 0 atom stereocenters. The molecule has 1 heterocycles. The molecule has 1 amide bonds. The highest BCUT2D eigenvalue weighted by Gasteiger charge is 2.12. The summed E-state index contributed by atoms with van der Waals surface area (Å²) < 4.78 is 6.76. The third-order valence-corrected chi connectivity index (χ3v) is 3.89. The molecule has 25 heavy (non-hydrogen) atoms. The van der Waals surface area contributed by atoms with Crippen molar-refractivity contribution in [1.82, 2.24) is 9.78 Å². The summed E-state index contributed by atoms with van der Waals surface area (Å²) >= 11 is 0. The molecule has 6 heteroatoms. The van der Waals surface area contributed by atoms with Crippen molar-refractivity contribution in [3.63, 3.8) is 0 Å². The van der Waals surface area contributed by atoms with Gasteiger partial charge in [-0.3, -0.25) is 4.79 Å². The minimum atomic E-state index is -0.301. The number of rotatable bonds is 5. The zero-order chi connectivity index (χ0) is 17.8. The molecule has 0 spiro atoms. The van der Waals surface area contributed by atoms with E-state index in [4.69, 9.17) is 4.74 Å². The second kappa shape index (κ2) is 7.19. The van der Waals surface area contributed by atoms with E-state index in [-0.39, 0.29) is 12.5 Å². The number of benzene rings is 2. The minimum absolute atomic E-state index is 0.0742. The molecule has 2 aromatic carbocycles. The van der Waals surface area contributed by atoms with Crippen LogP contribution >= 0.6 is 0 Å². The van der Waals surface area contributed by atoms with Crippen molar-refractivity contribution in [1.29, 1.82) is 0 Å². The van der Waals surface area contributed by atoms with Gasteiger partial charge in [-0.2, -0.15) is 5.10 Å². The maximum Gasteiger partial charge on any atom is 0.276 e. The Morgan fingerprint density at radius 3 is 2.64 bits per heavy atom. The number of nitrogens with one attached hydrogen (secondary N) is 1. The molecule has 0 saturated heterocycles. The molecule has 3 aromatic rings. The van der Waals surface area contributed by atoms with Gasteiger partial charge in [0.15, 0.2) is 5.69 Å². The Balaban J connectivity index is 1.78. The summed E-state index contributed by atoms with van der Waals surface area (Å²) in [6.45, 7) is 1.82. The molecular formula is C19H19N3O3. The average Bonchev–Trinajstić information content (AvgIpc) is 3.14. The van der Waals surface area contributed by atoms with E-state index in [1.807, 2.05) is 43.3 Å². The number of nitrogens with zero attached hydrogens (tertiary/aromatic N) is 2. The van der Waals surface area contributed by atoms with E-state index in [9.17, 15) is 9.90 Å². The monoisotopic (exact) mass is 337 g/mol. The first-order chi connectivity index (χ1) is 12.1. The molecule has 0 bridgehead atoms. The third-order valence-electron chi connectivity index (χ3n) is 3.89. The third kappa shape index (κ3) is 3.70. The summed E-state index contributed by atoms with van der Waals surface area (Å²) in [7, 11) is 1.61. The van der Waals surface area contributed by atoms with Crippen LogP contribution in [0.1, 0.15) is 21.6 Å². The number of anilines is 1. The number of aliphatic hydroxyl groups excluding tert-OH is 1. The van der Waals surface area contributed by atoms with Crippen molar-refractivity contribution < 1.29 is 14.6 Å². The Hall–Kier alpha value is -3.12. The maximum atomic E-state index is 12.4. The van der Waals surface area contributed by atoms with E-state index >= 15 is 0 Å². The molecule has 0 aliphatic carbocycles. The lowest BCUT2D eigenvalue weighted by Gasteiger charge is -2.09. The van der Waals surface area contributed by atoms with Crippen LogP contribution in [0.15, 0.2) is 54.7 Å².